The number of nitrogens with zero attached hydrogens (tertiary/aromatic N) is 3. The number of para-hydroxylation sites is 1. The lowest BCUT2D eigenvalue weighted by Gasteiger charge is -2.17. The summed E-state index contributed by atoms with van der Waals surface area (Å²) in [6.07, 6.45) is 0.378. The molecule has 0 aliphatic heterocycles. The van der Waals surface area contributed by atoms with Crippen molar-refractivity contribution < 1.29 is 17.9 Å². The highest BCUT2D eigenvalue weighted by Gasteiger charge is 2.25. The highest BCUT2D eigenvalue weighted by molar-refractivity contribution is 7.90. The van der Waals surface area contributed by atoms with Crippen molar-refractivity contribution in [3.05, 3.63) is 75.7 Å². The Labute approximate surface area is 201 Å². The van der Waals surface area contributed by atoms with Gasteiger partial charge in [-0.1, -0.05) is 29.8 Å². The fourth-order valence-electron chi connectivity index (χ4n) is 3.47. The first kappa shape index (κ1) is 23.3. The van der Waals surface area contributed by atoms with E-state index in [0.717, 1.165) is 11.1 Å². The van der Waals surface area contributed by atoms with Gasteiger partial charge in [-0.25, -0.2) is 8.42 Å². The van der Waals surface area contributed by atoms with E-state index in [0.29, 0.717) is 34.5 Å². The van der Waals surface area contributed by atoms with E-state index in [1.54, 1.807) is 49.1 Å². The Hall–Kier alpha value is -2.88. The third kappa shape index (κ3) is 5.21. The van der Waals surface area contributed by atoms with Gasteiger partial charge in [0.25, 0.3) is 0 Å². The van der Waals surface area contributed by atoms with E-state index >= 15 is 0 Å². The molecule has 172 valence electrons. The van der Waals surface area contributed by atoms with Gasteiger partial charge in [0, 0.05) is 16.0 Å². The number of halogens is 1. The van der Waals surface area contributed by atoms with Gasteiger partial charge in [-0.2, -0.15) is 11.3 Å². The van der Waals surface area contributed by atoms with Crippen LogP contribution in [0.1, 0.15) is 11.4 Å². The van der Waals surface area contributed by atoms with Crippen LogP contribution in [0.4, 0.5) is 0 Å². The minimum atomic E-state index is -3.50. The summed E-state index contributed by atoms with van der Waals surface area (Å²) in [6.45, 7) is 0. The SMILES string of the molecule is COc1cccc(OC)c1-n1c(CS(=O)(=O)CCc2ccc(Cl)cc2)nnc1-c1ccsc1. The van der Waals surface area contributed by atoms with Crippen LogP contribution in [0.2, 0.25) is 5.02 Å². The average Bonchev–Trinajstić information content (AvgIpc) is 3.48. The number of sulfone groups is 1. The fraction of sp³-hybridized carbons (Fsp3) is 0.217. The molecule has 0 unspecified atom stereocenters. The number of aryl methyl sites for hydroxylation is 1. The van der Waals surface area contributed by atoms with Gasteiger partial charge in [0.15, 0.2) is 21.5 Å². The number of rotatable bonds is 9. The molecule has 0 N–H and O–H groups in total. The molecule has 7 nitrogen and oxygen atoms in total. The van der Waals surface area contributed by atoms with Gasteiger partial charge >= 0.3 is 0 Å². The topological polar surface area (TPSA) is 83.3 Å². The first-order chi connectivity index (χ1) is 15.9. The second-order valence-corrected chi connectivity index (χ2v) is 10.7. The summed E-state index contributed by atoms with van der Waals surface area (Å²) in [5.41, 5.74) is 2.27. The van der Waals surface area contributed by atoms with Crippen molar-refractivity contribution in [1.82, 2.24) is 14.8 Å². The molecule has 2 aromatic carbocycles. The third-order valence-electron chi connectivity index (χ3n) is 5.10. The molecule has 33 heavy (non-hydrogen) atoms. The van der Waals surface area contributed by atoms with Gasteiger partial charge in [0.2, 0.25) is 0 Å². The Morgan fingerprint density at radius 3 is 2.30 bits per heavy atom. The van der Waals surface area contributed by atoms with E-state index in [1.807, 2.05) is 29.0 Å². The van der Waals surface area contributed by atoms with Crippen LogP contribution >= 0.6 is 22.9 Å². The maximum absolute atomic E-state index is 13.1. The number of ether oxygens (including phenoxy) is 2. The van der Waals surface area contributed by atoms with Crippen molar-refractivity contribution in [3.8, 4) is 28.6 Å². The molecular formula is C23H22ClN3O4S2. The van der Waals surface area contributed by atoms with Crippen molar-refractivity contribution in [2.45, 2.75) is 12.2 Å². The number of aromatic nitrogens is 3. The van der Waals surface area contributed by atoms with Crippen LogP contribution in [-0.4, -0.2) is 43.2 Å². The van der Waals surface area contributed by atoms with Crippen LogP contribution in [0, 0.1) is 0 Å². The van der Waals surface area contributed by atoms with Crippen molar-refractivity contribution in [2.24, 2.45) is 0 Å². The van der Waals surface area contributed by atoms with Crippen molar-refractivity contribution in [3.63, 3.8) is 0 Å². The Morgan fingerprint density at radius 2 is 1.70 bits per heavy atom. The summed E-state index contributed by atoms with van der Waals surface area (Å²) in [6, 6.07) is 14.4. The highest BCUT2D eigenvalue weighted by Crippen LogP contribution is 2.37. The molecule has 2 aromatic heterocycles. The molecule has 10 heteroatoms. The summed E-state index contributed by atoms with van der Waals surface area (Å²) >= 11 is 7.44. The lowest BCUT2D eigenvalue weighted by Crippen LogP contribution is -2.16. The smallest absolute Gasteiger partial charge is 0.169 e. The van der Waals surface area contributed by atoms with Crippen LogP contribution in [0.3, 0.4) is 0 Å². The van der Waals surface area contributed by atoms with E-state index in [-0.39, 0.29) is 17.3 Å². The molecule has 0 radical (unpaired) electrons. The monoisotopic (exact) mass is 503 g/mol. The summed E-state index contributed by atoms with van der Waals surface area (Å²) in [7, 11) is -0.401. The van der Waals surface area contributed by atoms with Crippen LogP contribution in [0.15, 0.2) is 59.3 Å². The van der Waals surface area contributed by atoms with Crippen LogP contribution in [-0.2, 0) is 22.0 Å². The van der Waals surface area contributed by atoms with Gasteiger partial charge in [0.05, 0.1) is 20.0 Å². The number of methoxy groups -OCH3 is 2. The molecule has 0 atom stereocenters. The van der Waals surface area contributed by atoms with Crippen LogP contribution in [0.25, 0.3) is 17.1 Å². The largest absolute Gasteiger partial charge is 0.494 e. The Morgan fingerprint density at radius 1 is 1.00 bits per heavy atom. The van der Waals surface area contributed by atoms with E-state index in [2.05, 4.69) is 10.2 Å². The number of hydrogen-bond acceptors (Lipinski definition) is 7. The van der Waals surface area contributed by atoms with Crippen molar-refractivity contribution in [1.29, 1.82) is 0 Å². The van der Waals surface area contributed by atoms with E-state index in [1.165, 1.54) is 11.3 Å². The average molecular weight is 504 g/mol. The van der Waals surface area contributed by atoms with E-state index in [4.69, 9.17) is 21.1 Å². The second kappa shape index (κ2) is 9.94. The maximum atomic E-state index is 13.1. The van der Waals surface area contributed by atoms with Crippen molar-refractivity contribution >= 4 is 32.8 Å². The zero-order valence-electron chi connectivity index (χ0n) is 18.1. The fourth-order valence-corrected chi connectivity index (χ4v) is 5.50. The summed E-state index contributed by atoms with van der Waals surface area (Å²) in [4.78, 5) is 0. The normalized spacial score (nSPS) is 11.5. The molecule has 0 aliphatic rings. The molecular weight excluding hydrogens is 482 g/mol. The molecule has 0 spiro atoms. The first-order valence-electron chi connectivity index (χ1n) is 10.0. The van der Waals surface area contributed by atoms with Crippen molar-refractivity contribution in [2.75, 3.05) is 20.0 Å². The molecule has 0 bridgehead atoms. The minimum absolute atomic E-state index is 0.0294. The van der Waals surface area contributed by atoms with Crippen LogP contribution < -0.4 is 9.47 Å². The zero-order valence-corrected chi connectivity index (χ0v) is 20.5. The predicted octanol–water partition coefficient (Wildman–Crippen LogP) is 4.82. The molecule has 2 heterocycles. The molecule has 0 fully saturated rings. The summed E-state index contributed by atoms with van der Waals surface area (Å²) in [5.74, 6) is 1.53. The number of thiophene rings is 1. The first-order valence-corrected chi connectivity index (χ1v) is 13.2. The van der Waals surface area contributed by atoms with E-state index in [9.17, 15) is 8.42 Å². The molecule has 4 aromatic rings. The van der Waals surface area contributed by atoms with Gasteiger partial charge in [-0.15, -0.1) is 10.2 Å². The Bertz CT molecular complexity index is 1310. The molecule has 0 saturated carbocycles. The lowest BCUT2D eigenvalue weighted by molar-refractivity contribution is 0.391. The third-order valence-corrected chi connectivity index (χ3v) is 7.56. The molecule has 0 aliphatic carbocycles. The zero-order chi connectivity index (χ0) is 23.4. The Balaban J connectivity index is 1.73. The number of benzene rings is 2. The van der Waals surface area contributed by atoms with Crippen LogP contribution in [0.5, 0.6) is 11.5 Å². The predicted molar refractivity (Wildman–Crippen MR) is 130 cm³/mol. The summed E-state index contributed by atoms with van der Waals surface area (Å²) in [5, 5.41) is 13.1. The lowest BCUT2D eigenvalue weighted by atomic mass is 10.2. The second-order valence-electron chi connectivity index (χ2n) is 7.27. The highest BCUT2D eigenvalue weighted by atomic mass is 35.5. The quantitative estimate of drug-likeness (QED) is 0.325. The maximum Gasteiger partial charge on any atom is 0.169 e. The molecule has 0 saturated heterocycles. The summed E-state index contributed by atoms with van der Waals surface area (Å²) < 4.78 is 39.0. The number of hydrogen-bond donors (Lipinski definition) is 0. The van der Waals surface area contributed by atoms with E-state index < -0.39 is 9.84 Å². The molecule has 0 amide bonds. The standard InChI is InChI=1S/C23H22ClN3O4S2/c1-30-19-4-3-5-20(31-2)22(19)27-21(25-26-23(27)17-10-12-32-14-17)15-33(28,29)13-11-16-6-8-18(24)9-7-16/h3-10,12,14H,11,13,15H2,1-2H3. The van der Waals surface area contributed by atoms with Gasteiger partial charge in [-0.05, 0) is 47.7 Å². The Kier molecular flexibility index (Phi) is 7.02. The minimum Gasteiger partial charge on any atom is -0.494 e. The van der Waals surface area contributed by atoms with Gasteiger partial charge in [-0.3, -0.25) is 4.57 Å². The van der Waals surface area contributed by atoms with Gasteiger partial charge in [0.1, 0.15) is 22.9 Å². The van der Waals surface area contributed by atoms with Gasteiger partial charge < -0.3 is 9.47 Å². The molecule has 4 rings (SSSR count).